The summed E-state index contributed by atoms with van der Waals surface area (Å²) in [5.74, 6) is -2.56. The average Bonchev–Trinajstić information content (AvgIpc) is 3.59. The lowest BCUT2D eigenvalue weighted by molar-refractivity contribution is -0.199. The summed E-state index contributed by atoms with van der Waals surface area (Å²) in [6.45, 7) is 15.2. The number of hydrogen-bond donors (Lipinski definition) is 8. The Balaban J connectivity index is 1.56. The lowest BCUT2D eigenvalue weighted by Crippen LogP contribution is -2.65. The van der Waals surface area contributed by atoms with E-state index in [0.717, 1.165) is 38.6 Å². The quantitative estimate of drug-likeness (QED) is 0.0357. The fraction of sp³-hybridized carbons (Fsp3) is 0.909. The lowest BCUT2D eigenvalue weighted by atomic mass is 9.43. The number of nitrogens with zero attached hydrogens (tertiary/aromatic N) is 1. The Labute approximate surface area is 379 Å². The monoisotopic (exact) mass is 913 g/mol. The zero-order valence-corrected chi connectivity index (χ0v) is 40.7. The molecule has 10 N–H and O–H groups in total. The molecule has 1 aliphatic heterocycles. The van der Waals surface area contributed by atoms with Crippen molar-refractivity contribution in [2.75, 3.05) is 39.0 Å². The van der Waals surface area contributed by atoms with Crippen molar-refractivity contribution in [1.29, 1.82) is 0 Å². The lowest BCUT2D eigenvalue weighted by Gasteiger charge is -2.64. The van der Waals surface area contributed by atoms with E-state index in [0.29, 0.717) is 50.6 Å². The summed E-state index contributed by atoms with van der Waals surface area (Å²) in [6, 6.07) is -4.89. The Hall–Kier alpha value is -2.39. The molecule has 63 heavy (non-hydrogen) atoms. The smallest absolute Gasteiger partial charge is 0.404 e. The van der Waals surface area contributed by atoms with E-state index in [1.165, 1.54) is 46.0 Å². The number of carbonyl (C=O) groups excluding carboxylic acids is 4. The first-order valence-corrected chi connectivity index (χ1v) is 25.7. The normalized spacial score (nSPS) is 24.3. The highest BCUT2D eigenvalue weighted by Gasteiger charge is 2.68. The van der Waals surface area contributed by atoms with Crippen LogP contribution in [0.15, 0.2) is 0 Å². The maximum atomic E-state index is 13.7. The average molecular weight is 913 g/mol. The molecule has 364 valence electrons. The van der Waals surface area contributed by atoms with Crippen LogP contribution in [0.5, 0.6) is 0 Å². The maximum Gasteiger partial charge on any atom is 0.481 e. The number of amides is 4. The molecule has 4 rings (SSSR count). The molecule has 0 unspecified atom stereocenters. The fourth-order valence-corrected chi connectivity index (χ4v) is 10.8. The predicted molar refractivity (Wildman–Crippen MR) is 247 cm³/mol. The second kappa shape index (κ2) is 26.1. The van der Waals surface area contributed by atoms with Crippen molar-refractivity contribution in [2.24, 2.45) is 28.7 Å². The molecule has 3 saturated carbocycles. The van der Waals surface area contributed by atoms with Crippen molar-refractivity contribution in [3.63, 3.8) is 0 Å². The SMILES string of the molecule is CCCCCCCCCCN(C)CCS(=O)(=O)N[C@@H](CCCCN)C(=O)N[C@H](C(=O)N[C@@H](C)C(=O)N[C@@H](CCCCN)C(=O)N[C@@H](C)B1O[C@@H]2C[C@@H]3C[C@@H](C3(C)C)[C@]2(C)O1)[C@@H](C)O. The van der Waals surface area contributed by atoms with Gasteiger partial charge in [0.2, 0.25) is 33.7 Å². The summed E-state index contributed by atoms with van der Waals surface area (Å²) in [5, 5.41) is 21.4. The Morgan fingerprint density at radius 1 is 0.762 bits per heavy atom. The molecular formula is C44H85BN8O9S. The van der Waals surface area contributed by atoms with Gasteiger partial charge in [0.1, 0.15) is 24.2 Å². The van der Waals surface area contributed by atoms with Gasteiger partial charge in [0, 0.05) is 6.54 Å². The molecule has 4 amide bonds. The van der Waals surface area contributed by atoms with Crippen molar-refractivity contribution in [3.05, 3.63) is 0 Å². The molecule has 1 heterocycles. The van der Waals surface area contributed by atoms with Gasteiger partial charge >= 0.3 is 7.12 Å². The minimum absolute atomic E-state index is 0.0592. The van der Waals surface area contributed by atoms with E-state index in [9.17, 15) is 32.7 Å². The molecule has 0 aromatic rings. The van der Waals surface area contributed by atoms with Crippen LogP contribution >= 0.6 is 0 Å². The molecule has 4 fully saturated rings. The van der Waals surface area contributed by atoms with Crippen LogP contribution in [-0.4, -0.2) is 136 Å². The highest BCUT2D eigenvalue weighted by molar-refractivity contribution is 7.89. The van der Waals surface area contributed by atoms with Gasteiger partial charge in [0.25, 0.3) is 0 Å². The van der Waals surface area contributed by atoms with Gasteiger partial charge in [-0.25, -0.2) is 13.1 Å². The van der Waals surface area contributed by atoms with E-state index in [2.05, 4.69) is 53.7 Å². The van der Waals surface area contributed by atoms with Gasteiger partial charge in [0.05, 0.1) is 29.5 Å². The van der Waals surface area contributed by atoms with Crippen LogP contribution in [0.3, 0.4) is 0 Å². The fourth-order valence-electron chi connectivity index (χ4n) is 9.51. The Morgan fingerprint density at radius 3 is 1.94 bits per heavy atom. The molecule has 3 aliphatic carbocycles. The van der Waals surface area contributed by atoms with Crippen molar-refractivity contribution in [2.45, 2.75) is 199 Å². The Kier molecular flexibility index (Phi) is 22.7. The Bertz CT molecular complexity index is 1560. The van der Waals surface area contributed by atoms with Gasteiger partial charge in [-0.1, -0.05) is 72.1 Å². The van der Waals surface area contributed by atoms with Crippen molar-refractivity contribution in [3.8, 4) is 0 Å². The van der Waals surface area contributed by atoms with E-state index in [1.54, 1.807) is 0 Å². The molecule has 4 aliphatic rings. The highest BCUT2D eigenvalue weighted by Crippen LogP contribution is 2.65. The van der Waals surface area contributed by atoms with E-state index >= 15 is 0 Å². The summed E-state index contributed by atoms with van der Waals surface area (Å²) in [6.07, 6.45) is 12.6. The number of hydrogen-bond acceptors (Lipinski definition) is 12. The van der Waals surface area contributed by atoms with Gasteiger partial charge in [-0.05, 0) is 123 Å². The number of aliphatic hydroxyl groups excluding tert-OH is 1. The first kappa shape index (κ1) is 54.9. The molecule has 2 bridgehead atoms. The molecular weight excluding hydrogens is 827 g/mol. The summed E-state index contributed by atoms with van der Waals surface area (Å²) < 4.78 is 41.9. The summed E-state index contributed by atoms with van der Waals surface area (Å²) in [5.41, 5.74) is 11.1. The van der Waals surface area contributed by atoms with Crippen LogP contribution in [0.2, 0.25) is 0 Å². The van der Waals surface area contributed by atoms with Gasteiger partial charge in [-0.2, -0.15) is 0 Å². The molecule has 19 heteroatoms. The second-order valence-corrected chi connectivity index (χ2v) is 21.4. The number of nitrogens with one attached hydrogen (secondary N) is 5. The number of rotatable bonds is 32. The number of sulfonamides is 1. The molecule has 0 radical (unpaired) electrons. The van der Waals surface area contributed by atoms with Crippen LogP contribution in [-0.2, 0) is 38.5 Å². The number of unbranched alkanes of at least 4 members (excludes halogenated alkanes) is 9. The van der Waals surface area contributed by atoms with E-state index in [-0.39, 0.29) is 36.7 Å². The van der Waals surface area contributed by atoms with Gasteiger partial charge in [0.15, 0.2) is 0 Å². The molecule has 1 saturated heterocycles. The van der Waals surface area contributed by atoms with Crippen LogP contribution < -0.4 is 37.5 Å². The summed E-state index contributed by atoms with van der Waals surface area (Å²) in [7, 11) is -2.70. The molecule has 17 nitrogen and oxygen atoms in total. The van der Waals surface area contributed by atoms with Crippen LogP contribution in [0.25, 0.3) is 0 Å². The summed E-state index contributed by atoms with van der Waals surface area (Å²) >= 11 is 0. The first-order chi connectivity index (χ1) is 29.7. The predicted octanol–water partition coefficient (Wildman–Crippen LogP) is 2.23. The highest BCUT2D eigenvalue weighted by atomic mass is 32.2. The molecule has 0 aromatic carbocycles. The number of nitrogens with two attached hydrogens (primary N) is 2. The topological polar surface area (TPSA) is 257 Å². The third-order valence-corrected chi connectivity index (χ3v) is 15.2. The standard InChI is InChI=1S/C44H85BN8O9S/c1-9-10-11-12-13-14-15-20-25-53(8)26-27-63(59,60)52-35(22-17-19-24-47)41(57)51-38(31(3)54)42(58)48-30(2)39(55)50-34(21-16-18-23-46)40(56)49-32(4)45-61-37-29-33-28-36(43(33,5)6)44(37,7)62-45/h30-38,52,54H,9-29,46-47H2,1-8H3,(H,48,58)(H,49,56)(H,50,55)(H,51,57)/t30-,31+,32-,33-,34-,35-,36-,37+,38-,44-/m0/s1. The number of aliphatic hydroxyl groups is 1. The number of carbonyl (C=O) groups is 4. The minimum atomic E-state index is -3.92. The van der Waals surface area contributed by atoms with Crippen LogP contribution in [0.1, 0.15) is 151 Å². The van der Waals surface area contributed by atoms with Crippen molar-refractivity contribution in [1.82, 2.24) is 30.9 Å². The van der Waals surface area contributed by atoms with E-state index < -0.39 is 82.6 Å². The molecule has 0 aromatic heterocycles. The van der Waals surface area contributed by atoms with Gasteiger partial charge in [-0.15, -0.1) is 0 Å². The van der Waals surface area contributed by atoms with Crippen LogP contribution in [0.4, 0.5) is 0 Å². The molecule has 0 spiro atoms. The summed E-state index contributed by atoms with van der Waals surface area (Å²) in [4.78, 5) is 56.4. The van der Waals surface area contributed by atoms with E-state index in [1.807, 2.05) is 18.9 Å². The first-order valence-electron chi connectivity index (χ1n) is 24.0. The van der Waals surface area contributed by atoms with Gasteiger partial charge in [-0.3, -0.25) is 19.2 Å². The van der Waals surface area contributed by atoms with Crippen molar-refractivity contribution < 1.29 is 42.0 Å². The maximum absolute atomic E-state index is 13.7. The Morgan fingerprint density at radius 2 is 1.35 bits per heavy atom. The van der Waals surface area contributed by atoms with Crippen molar-refractivity contribution >= 4 is 40.8 Å². The zero-order valence-electron chi connectivity index (χ0n) is 39.8. The van der Waals surface area contributed by atoms with Gasteiger partial charge < -0.3 is 52.0 Å². The van der Waals surface area contributed by atoms with E-state index in [4.69, 9.17) is 20.8 Å². The third-order valence-electron chi connectivity index (χ3n) is 13.9. The largest absolute Gasteiger partial charge is 0.481 e. The molecule has 10 atom stereocenters. The third kappa shape index (κ3) is 16.5. The van der Waals surface area contributed by atoms with Crippen LogP contribution in [0, 0.1) is 17.3 Å². The second-order valence-electron chi connectivity index (χ2n) is 19.5. The minimum Gasteiger partial charge on any atom is -0.404 e. The zero-order chi connectivity index (χ0) is 47.0.